The molecule has 2 rings (SSSR count). The van der Waals surface area contributed by atoms with Crippen LogP contribution in [0.4, 0.5) is 13.3 Å². The van der Waals surface area contributed by atoms with Gasteiger partial charge in [0, 0.05) is 4.53 Å². The summed E-state index contributed by atoms with van der Waals surface area (Å²) in [6.07, 6.45) is 2.00. The molecule has 0 N–H and O–H groups in total. The Kier molecular flexibility index (Phi) is 8.91. The van der Waals surface area contributed by atoms with Crippen LogP contribution in [-0.2, 0) is 9.74 Å². The molecule has 2 aromatic rings. The number of carbonyl (C=O) groups excluding carboxylic acids is 1. The summed E-state index contributed by atoms with van der Waals surface area (Å²) < 4.78 is 49.1. The highest BCUT2D eigenvalue weighted by atomic mass is 19.3. The summed E-state index contributed by atoms with van der Waals surface area (Å²) in [4.78, 5) is 15.1. The van der Waals surface area contributed by atoms with Crippen molar-refractivity contribution >= 4 is 11.5 Å². The lowest BCUT2D eigenvalue weighted by Gasteiger charge is -2.13. The van der Waals surface area contributed by atoms with Crippen molar-refractivity contribution in [2.75, 3.05) is 20.0 Å². The first-order chi connectivity index (χ1) is 13.7. The number of unbranched alkanes of at least 4 members (excludes halogenated alkanes) is 2. The first-order valence-corrected chi connectivity index (χ1v) is 8.83. The van der Waals surface area contributed by atoms with Crippen LogP contribution in [0.3, 0.4) is 0 Å². The normalized spacial score (nSPS) is 11.5. The topological polar surface area (TPSA) is 44.8 Å². The molecule has 0 aromatic heterocycles. The summed E-state index contributed by atoms with van der Waals surface area (Å²) in [6, 6.07) is 14.3. The molecule has 0 saturated heterocycles. The molecule has 0 aliphatic rings. The molecule has 0 atom stereocenters. The number of allylic oxidation sites excluding steroid dienone is 1. The van der Waals surface area contributed by atoms with E-state index in [1.54, 1.807) is 30.3 Å². The molecule has 0 aliphatic heterocycles. The van der Waals surface area contributed by atoms with Crippen molar-refractivity contribution < 1.29 is 32.5 Å². The number of halogens is 3. The van der Waals surface area contributed by atoms with E-state index >= 15 is 0 Å². The van der Waals surface area contributed by atoms with Crippen LogP contribution < -0.4 is 9.47 Å². The van der Waals surface area contributed by atoms with Crippen molar-refractivity contribution in [3.05, 3.63) is 65.9 Å². The molecule has 0 bridgehead atoms. The summed E-state index contributed by atoms with van der Waals surface area (Å²) in [7, 11) is 0. The van der Waals surface area contributed by atoms with E-state index in [1.807, 2.05) is 0 Å². The zero-order chi connectivity index (χ0) is 20.2. The number of rotatable bonds is 11. The fraction of sp³-hybridized carbons (Fsp3) is 0.286. The van der Waals surface area contributed by atoms with Crippen LogP contribution in [-0.4, -0.2) is 25.9 Å². The number of benzene rings is 2. The van der Waals surface area contributed by atoms with Crippen LogP contribution >= 0.6 is 0 Å². The molecule has 0 unspecified atom stereocenters. The SMILES string of the molecule is O=C(OF)C(=C(CF)Oc1ccc(OCCCCCF)cc1)c1ccccc1. The highest BCUT2D eigenvalue weighted by Gasteiger charge is 2.22. The number of carbonyl (C=O) groups is 1. The molecule has 4 nitrogen and oxygen atoms in total. The predicted octanol–water partition coefficient (Wildman–Crippen LogP) is 5.39. The highest BCUT2D eigenvalue weighted by molar-refractivity contribution is 6.17. The summed E-state index contributed by atoms with van der Waals surface area (Å²) in [6.45, 7) is -1.01. The van der Waals surface area contributed by atoms with Gasteiger partial charge in [-0.25, -0.2) is 14.1 Å². The van der Waals surface area contributed by atoms with Crippen LogP contribution in [0.15, 0.2) is 60.4 Å². The second kappa shape index (κ2) is 11.7. The standard InChI is InChI=1S/C21H21F3O4/c22-13-5-2-6-14-26-17-9-11-18(12-10-17)27-19(15-23)20(21(25)28-24)16-7-3-1-4-8-16/h1,3-4,7-12H,2,5-6,13-15H2. The Hall–Kier alpha value is -2.96. The summed E-state index contributed by atoms with van der Waals surface area (Å²) >= 11 is 0. The summed E-state index contributed by atoms with van der Waals surface area (Å²) in [5.41, 5.74) is -0.0650. The number of hydrogen-bond acceptors (Lipinski definition) is 4. The van der Waals surface area contributed by atoms with Crippen LogP contribution in [0.2, 0.25) is 0 Å². The Morgan fingerprint density at radius 3 is 2.14 bits per heavy atom. The Morgan fingerprint density at radius 1 is 0.857 bits per heavy atom. The van der Waals surface area contributed by atoms with Gasteiger partial charge in [0.2, 0.25) is 0 Å². The molecule has 0 heterocycles. The average Bonchev–Trinajstić information content (AvgIpc) is 2.74. The van der Waals surface area contributed by atoms with Gasteiger partial charge in [0.15, 0.2) is 5.76 Å². The van der Waals surface area contributed by atoms with E-state index in [0.717, 1.165) is 12.8 Å². The van der Waals surface area contributed by atoms with Gasteiger partial charge >= 0.3 is 5.97 Å². The van der Waals surface area contributed by atoms with Gasteiger partial charge in [0.1, 0.15) is 23.7 Å². The van der Waals surface area contributed by atoms with Crippen LogP contribution in [0.25, 0.3) is 5.57 Å². The summed E-state index contributed by atoms with van der Waals surface area (Å²) in [5.74, 6) is -0.886. The number of hydrogen-bond donors (Lipinski definition) is 0. The van der Waals surface area contributed by atoms with Crippen molar-refractivity contribution in [1.82, 2.24) is 0 Å². The van der Waals surface area contributed by atoms with E-state index in [-0.39, 0.29) is 29.3 Å². The molecule has 2 aromatic carbocycles. The molecular formula is C21H21F3O4. The molecule has 0 saturated carbocycles. The molecular weight excluding hydrogens is 373 g/mol. The van der Waals surface area contributed by atoms with Gasteiger partial charge in [0.25, 0.3) is 0 Å². The van der Waals surface area contributed by atoms with E-state index in [0.29, 0.717) is 18.8 Å². The minimum absolute atomic E-state index is 0.248. The molecule has 0 radical (unpaired) electrons. The maximum absolute atomic E-state index is 13.6. The monoisotopic (exact) mass is 394 g/mol. The van der Waals surface area contributed by atoms with Gasteiger partial charge in [-0.3, -0.25) is 4.39 Å². The van der Waals surface area contributed by atoms with E-state index < -0.39 is 12.6 Å². The van der Waals surface area contributed by atoms with Crippen molar-refractivity contribution in [2.45, 2.75) is 19.3 Å². The van der Waals surface area contributed by atoms with Gasteiger partial charge in [-0.15, -0.1) is 0 Å². The lowest BCUT2D eigenvalue weighted by Crippen LogP contribution is -2.11. The zero-order valence-corrected chi connectivity index (χ0v) is 15.2. The maximum atomic E-state index is 13.6. The molecule has 0 spiro atoms. The van der Waals surface area contributed by atoms with Crippen molar-refractivity contribution in [1.29, 1.82) is 0 Å². The van der Waals surface area contributed by atoms with Crippen molar-refractivity contribution in [3.8, 4) is 11.5 Å². The second-order valence-electron chi connectivity index (χ2n) is 5.83. The Balaban J connectivity index is 2.11. The average molecular weight is 394 g/mol. The first-order valence-electron chi connectivity index (χ1n) is 8.83. The van der Waals surface area contributed by atoms with Gasteiger partial charge in [-0.2, -0.15) is 0 Å². The second-order valence-corrected chi connectivity index (χ2v) is 5.83. The Morgan fingerprint density at radius 2 is 1.54 bits per heavy atom. The highest BCUT2D eigenvalue weighted by Crippen LogP contribution is 2.26. The third-order valence-corrected chi connectivity index (χ3v) is 3.85. The first kappa shape index (κ1) is 21.3. The van der Waals surface area contributed by atoms with Crippen molar-refractivity contribution in [3.63, 3.8) is 0 Å². The molecule has 0 fully saturated rings. The molecule has 0 aliphatic carbocycles. The zero-order valence-electron chi connectivity index (χ0n) is 15.2. The van der Waals surface area contributed by atoms with E-state index in [2.05, 4.69) is 4.94 Å². The molecule has 0 amide bonds. The largest absolute Gasteiger partial charge is 0.494 e. The van der Waals surface area contributed by atoms with E-state index in [9.17, 15) is 18.1 Å². The number of alkyl halides is 2. The molecule has 28 heavy (non-hydrogen) atoms. The Labute approximate surface area is 161 Å². The third-order valence-electron chi connectivity index (χ3n) is 3.85. The van der Waals surface area contributed by atoms with Crippen molar-refractivity contribution in [2.24, 2.45) is 0 Å². The fourth-order valence-corrected chi connectivity index (χ4v) is 2.49. The molecule has 7 heteroatoms. The quantitative estimate of drug-likeness (QED) is 0.291. The predicted molar refractivity (Wildman–Crippen MR) is 98.9 cm³/mol. The van der Waals surface area contributed by atoms with Gasteiger partial charge < -0.3 is 9.47 Å². The lowest BCUT2D eigenvalue weighted by atomic mass is 10.1. The molecule has 150 valence electrons. The minimum atomic E-state index is -1.34. The Bertz CT molecular complexity index is 761. The smallest absolute Gasteiger partial charge is 0.383 e. The fourth-order valence-electron chi connectivity index (χ4n) is 2.49. The number of ether oxygens (including phenoxy) is 2. The lowest BCUT2D eigenvalue weighted by molar-refractivity contribution is -0.175. The van der Waals surface area contributed by atoms with E-state index in [1.165, 1.54) is 24.3 Å². The summed E-state index contributed by atoms with van der Waals surface area (Å²) in [5, 5.41) is 0. The third kappa shape index (κ3) is 6.33. The van der Waals surface area contributed by atoms with Gasteiger partial charge in [0.05, 0.1) is 13.3 Å². The van der Waals surface area contributed by atoms with Gasteiger partial charge in [-0.05, 0) is 49.1 Å². The van der Waals surface area contributed by atoms with Crippen LogP contribution in [0, 0.1) is 0 Å². The van der Waals surface area contributed by atoms with E-state index in [4.69, 9.17) is 9.47 Å². The van der Waals surface area contributed by atoms with Gasteiger partial charge in [-0.1, -0.05) is 30.3 Å². The van der Waals surface area contributed by atoms with Crippen LogP contribution in [0.5, 0.6) is 11.5 Å². The maximum Gasteiger partial charge on any atom is 0.383 e. The minimum Gasteiger partial charge on any atom is -0.494 e. The van der Waals surface area contributed by atoms with Crippen LogP contribution in [0.1, 0.15) is 24.8 Å².